The molecule has 1 aromatic heterocycles. The Morgan fingerprint density at radius 3 is 1.82 bits per heavy atom. The van der Waals surface area contributed by atoms with Crippen LogP contribution in [0.25, 0.3) is 27.2 Å². The topological polar surface area (TPSA) is 421 Å². The molecule has 370 valence electrons. The molecule has 0 unspecified atom stereocenters. The summed E-state index contributed by atoms with van der Waals surface area (Å²) in [7, 11) is -14.8. The van der Waals surface area contributed by atoms with Gasteiger partial charge in [0.15, 0.2) is 11.4 Å². The van der Waals surface area contributed by atoms with Gasteiger partial charge in [-0.1, -0.05) is 12.1 Å². The van der Waals surface area contributed by atoms with Gasteiger partial charge in [-0.3, -0.25) is 18.2 Å². The lowest BCUT2D eigenvalue weighted by Crippen LogP contribution is -2.04. The molecule has 0 aliphatic heterocycles. The van der Waals surface area contributed by atoms with Crippen molar-refractivity contribution < 1.29 is 87.4 Å². The van der Waals surface area contributed by atoms with Crippen molar-refractivity contribution in [1.82, 2.24) is 9.78 Å². The van der Waals surface area contributed by atoms with E-state index >= 15 is 0 Å². The van der Waals surface area contributed by atoms with E-state index in [2.05, 4.69) is 35.8 Å². The molecule has 9 N–H and O–H groups in total. The number of ether oxygens (including phenoxy) is 2. The van der Waals surface area contributed by atoms with Gasteiger partial charge < -0.3 is 39.2 Å². The number of azo groups is 3. The van der Waals surface area contributed by atoms with E-state index < -0.39 is 92.9 Å². The van der Waals surface area contributed by atoms with Crippen LogP contribution in [-0.4, -0.2) is 111 Å². The molecule has 0 amide bonds. The van der Waals surface area contributed by atoms with Crippen molar-refractivity contribution in [2.45, 2.75) is 14.7 Å². The SMILES string of the molecule is O=C(O)c1nn(-c2ccc3c(O)c(/N=N/c4cc(OCCO)c(/N=N/c5ccc6c(OSO)cccc6c5S(=O)(=O)O)cc4OCCO)c(S(=O)(=O)O)cc3c2)c(O)c1/N=N/c1ccc(S(=O)(=O)O)cc1. The number of carbonyl (C=O) groups is 1. The Morgan fingerprint density at radius 1 is 0.634 bits per heavy atom. The summed E-state index contributed by atoms with van der Waals surface area (Å²) in [6.45, 7) is -1.85. The lowest BCUT2D eigenvalue weighted by atomic mass is 10.1. The van der Waals surface area contributed by atoms with Crippen LogP contribution in [0.3, 0.4) is 0 Å². The zero-order valence-corrected chi connectivity index (χ0v) is 38.6. The second-order valence-corrected chi connectivity index (χ2v) is 18.6. The fourth-order valence-electron chi connectivity index (χ4n) is 6.58. The van der Waals surface area contributed by atoms with Crippen molar-refractivity contribution in [3.63, 3.8) is 0 Å². The number of aromatic hydroxyl groups is 2. The molecule has 0 fully saturated rings. The third-order valence-electron chi connectivity index (χ3n) is 9.59. The van der Waals surface area contributed by atoms with Gasteiger partial charge in [0.1, 0.15) is 63.0 Å². The summed E-state index contributed by atoms with van der Waals surface area (Å²) in [6.07, 6.45) is 0. The van der Waals surface area contributed by atoms with Crippen molar-refractivity contribution in [3.8, 4) is 34.6 Å². The zero-order valence-electron chi connectivity index (χ0n) is 35.3. The van der Waals surface area contributed by atoms with Crippen molar-refractivity contribution in [1.29, 1.82) is 0 Å². The normalized spacial score (nSPS) is 12.5. The van der Waals surface area contributed by atoms with Gasteiger partial charge in [-0.2, -0.15) is 40.1 Å². The molecule has 0 atom stereocenters. The van der Waals surface area contributed by atoms with E-state index in [0.29, 0.717) is 4.68 Å². The first-order valence-electron chi connectivity index (χ1n) is 19.5. The Hall–Kier alpha value is -7.72. The first kappa shape index (κ1) is 51.1. The van der Waals surface area contributed by atoms with Crippen LogP contribution in [0.5, 0.6) is 28.9 Å². The Kier molecular flexibility index (Phi) is 14.9. The molecule has 31 heteroatoms. The summed E-state index contributed by atoms with van der Waals surface area (Å²) in [5.74, 6) is -3.88. The predicted octanol–water partition coefficient (Wildman–Crippen LogP) is 7.52. The number of aromatic carboxylic acids is 1. The number of carboxylic acids is 1. The minimum Gasteiger partial charge on any atom is -0.505 e. The van der Waals surface area contributed by atoms with Gasteiger partial charge in [-0.15, -0.1) is 25.6 Å². The average molecular weight is 1060 g/mol. The van der Waals surface area contributed by atoms with E-state index in [-0.39, 0.29) is 92.8 Å². The molecule has 0 aliphatic rings. The number of hydrogen-bond donors (Lipinski definition) is 9. The first-order chi connectivity index (χ1) is 33.6. The number of aliphatic hydroxyl groups is 2. The van der Waals surface area contributed by atoms with Gasteiger partial charge in [0.05, 0.1) is 29.5 Å². The highest BCUT2D eigenvalue weighted by Gasteiger charge is 2.27. The van der Waals surface area contributed by atoms with Gasteiger partial charge in [0.2, 0.25) is 23.9 Å². The second kappa shape index (κ2) is 20.7. The minimum atomic E-state index is -5.28. The summed E-state index contributed by atoms with van der Waals surface area (Å²) in [4.78, 5) is 9.95. The van der Waals surface area contributed by atoms with Crippen LogP contribution >= 0.6 is 12.3 Å². The van der Waals surface area contributed by atoms with Crippen LogP contribution in [0.2, 0.25) is 0 Å². The van der Waals surface area contributed by atoms with Crippen LogP contribution in [-0.2, 0) is 30.4 Å². The molecule has 7 aromatic rings. The molecule has 71 heavy (non-hydrogen) atoms. The largest absolute Gasteiger partial charge is 0.505 e. The molecule has 0 bridgehead atoms. The minimum absolute atomic E-state index is 0.00121. The summed E-state index contributed by atoms with van der Waals surface area (Å²) in [5.41, 5.74) is -3.38. The third-order valence-corrected chi connectivity index (χ3v) is 12.5. The van der Waals surface area contributed by atoms with Crippen molar-refractivity contribution in [2.24, 2.45) is 30.7 Å². The second-order valence-electron chi connectivity index (χ2n) is 14.1. The quantitative estimate of drug-likeness (QED) is 0.0215. The van der Waals surface area contributed by atoms with Gasteiger partial charge in [-0.25, -0.2) is 4.79 Å². The maximum Gasteiger partial charge on any atom is 0.358 e. The highest BCUT2D eigenvalue weighted by Crippen LogP contribution is 2.46. The van der Waals surface area contributed by atoms with E-state index in [4.69, 9.17) is 13.7 Å². The van der Waals surface area contributed by atoms with E-state index in [1.807, 2.05) is 0 Å². The first-order valence-corrected chi connectivity index (χ1v) is 24.5. The number of nitrogens with zero attached hydrogens (tertiary/aromatic N) is 8. The standard InChI is InChI=1S/C40H32N8O19S4/c49-12-14-65-31-19-29(32(66-15-13-50)18-28(31)43-42-27-11-10-25-26(38(27)71(62,63)64)2-1-3-30(25)67-68-55)44-45-34-33(70(59,60)61)17-20-16-22(6-9-24(20)37(34)51)48-39(52)35(36(47-48)40(53)54)46-41-21-4-7-23(8-5-21)69(56,57)58/h1-11,16-19,49-52,55H,12-15H2,(H,53,54)(H,56,57,58)(H,59,60,61)(H,62,63,64)/b43-42+,45-44+,46-41+. The van der Waals surface area contributed by atoms with E-state index in [9.17, 15) is 73.8 Å². The number of carboxylic acid groups (broad SMARTS) is 1. The third kappa shape index (κ3) is 11.2. The molecular weight excluding hydrogens is 1020 g/mol. The fraction of sp³-hybridized carbons (Fsp3) is 0.100. The highest BCUT2D eigenvalue weighted by atomic mass is 32.2. The fourth-order valence-corrected chi connectivity index (χ4v) is 8.77. The van der Waals surface area contributed by atoms with Crippen LogP contribution < -0.4 is 13.7 Å². The molecule has 0 saturated heterocycles. The maximum atomic E-state index is 12.8. The van der Waals surface area contributed by atoms with Gasteiger partial charge in [-0.05, 0) is 72.1 Å². The van der Waals surface area contributed by atoms with E-state index in [1.165, 1.54) is 42.5 Å². The smallest absolute Gasteiger partial charge is 0.358 e. The molecule has 0 radical (unpaired) electrons. The Bertz CT molecular complexity index is 3680. The molecule has 27 nitrogen and oxygen atoms in total. The molecule has 6 aromatic carbocycles. The number of aromatic nitrogens is 2. The molecule has 0 spiro atoms. The number of rotatable bonds is 19. The number of fused-ring (bicyclic) bond motifs is 2. The van der Waals surface area contributed by atoms with Crippen LogP contribution in [0, 0.1) is 0 Å². The summed E-state index contributed by atoms with van der Waals surface area (Å²) < 4.78 is 130. The van der Waals surface area contributed by atoms with Crippen LogP contribution in [0.1, 0.15) is 10.5 Å². The van der Waals surface area contributed by atoms with E-state index in [0.717, 1.165) is 48.5 Å². The van der Waals surface area contributed by atoms with Crippen LogP contribution in [0.15, 0.2) is 136 Å². The monoisotopic (exact) mass is 1060 g/mol. The number of hydrogen-bond acceptors (Lipinski definition) is 23. The van der Waals surface area contributed by atoms with Gasteiger partial charge in [0.25, 0.3) is 30.4 Å². The van der Waals surface area contributed by atoms with Gasteiger partial charge >= 0.3 is 5.97 Å². The molecule has 0 saturated carbocycles. The Morgan fingerprint density at radius 2 is 1.24 bits per heavy atom. The Balaban J connectivity index is 1.29. The highest BCUT2D eigenvalue weighted by molar-refractivity contribution is 7.89. The van der Waals surface area contributed by atoms with E-state index in [1.54, 1.807) is 0 Å². The Labute approximate surface area is 402 Å². The summed E-state index contributed by atoms with van der Waals surface area (Å²) in [5, 5.41) is 78.8. The number of phenols is 1. The van der Waals surface area contributed by atoms with Crippen molar-refractivity contribution >= 4 is 104 Å². The predicted molar refractivity (Wildman–Crippen MR) is 246 cm³/mol. The average Bonchev–Trinajstić information content (AvgIpc) is 3.65. The molecule has 1 heterocycles. The van der Waals surface area contributed by atoms with Gasteiger partial charge in [0, 0.05) is 28.3 Å². The number of phenolic OH excluding ortho intramolecular Hbond substituents is 1. The van der Waals surface area contributed by atoms with Crippen molar-refractivity contribution in [2.75, 3.05) is 26.4 Å². The van der Waals surface area contributed by atoms with Crippen molar-refractivity contribution in [3.05, 3.63) is 96.7 Å². The number of aliphatic hydroxyl groups excluding tert-OH is 2. The lowest BCUT2D eigenvalue weighted by molar-refractivity contribution is 0.0690. The molecule has 0 aliphatic carbocycles. The lowest BCUT2D eigenvalue weighted by Gasteiger charge is -2.13. The number of benzene rings is 6. The zero-order chi connectivity index (χ0) is 51.4. The summed E-state index contributed by atoms with van der Waals surface area (Å²) >= 11 is -0.00121. The maximum absolute atomic E-state index is 12.8. The molecule has 7 rings (SSSR count). The summed E-state index contributed by atoms with van der Waals surface area (Å²) in [6, 6.07) is 17.6. The molecular formula is C40H32N8O19S4. The van der Waals surface area contributed by atoms with Crippen LogP contribution in [0.4, 0.5) is 34.1 Å².